The molecule has 9 nitrogen and oxygen atoms in total. The molecular weight excluding hydrogens is 362 g/mol. The lowest BCUT2D eigenvalue weighted by Gasteiger charge is -2.10. The van der Waals surface area contributed by atoms with Gasteiger partial charge in [0, 0.05) is 23.4 Å². The summed E-state index contributed by atoms with van der Waals surface area (Å²) in [6.45, 7) is 0.168. The van der Waals surface area contributed by atoms with E-state index in [-0.39, 0.29) is 18.2 Å². The Labute approximate surface area is 160 Å². The molecule has 1 aliphatic heterocycles. The van der Waals surface area contributed by atoms with Crippen molar-refractivity contribution in [2.24, 2.45) is 15.9 Å². The monoisotopic (exact) mass is 379 g/mol. The molecule has 0 bridgehead atoms. The number of anilines is 1. The lowest BCUT2D eigenvalue weighted by molar-refractivity contribution is -0.136. The molecule has 0 aromatic heterocycles. The third-order valence-electron chi connectivity index (χ3n) is 4.03. The number of nitrogens with two attached hydrogens (primary N) is 1. The van der Waals surface area contributed by atoms with Gasteiger partial charge in [-0.2, -0.15) is 5.10 Å². The molecule has 0 spiro atoms. The van der Waals surface area contributed by atoms with Crippen molar-refractivity contribution < 1.29 is 19.5 Å². The number of hydrogen-bond donors (Lipinski definition) is 4. The molecule has 9 heteroatoms. The summed E-state index contributed by atoms with van der Waals surface area (Å²) in [4.78, 5) is 39.6. The van der Waals surface area contributed by atoms with Crippen molar-refractivity contribution in [2.45, 2.75) is 13.0 Å². The van der Waals surface area contributed by atoms with Crippen LogP contribution >= 0.6 is 0 Å². The summed E-state index contributed by atoms with van der Waals surface area (Å²) in [6.07, 6.45) is 0.920. The van der Waals surface area contributed by atoms with Crippen LogP contribution in [0.1, 0.15) is 27.9 Å². The summed E-state index contributed by atoms with van der Waals surface area (Å²) in [6, 6.07) is 11.8. The second-order valence-electron chi connectivity index (χ2n) is 5.97. The minimum Gasteiger partial charge on any atom is -0.481 e. The number of fused-ring (bicyclic) bond motifs is 1. The molecule has 1 aliphatic rings. The molecule has 2 aromatic carbocycles. The quantitative estimate of drug-likeness (QED) is 0.352. The van der Waals surface area contributed by atoms with Gasteiger partial charge in [0.15, 0.2) is 0 Å². The number of aliphatic carboxylic acids is 1. The van der Waals surface area contributed by atoms with E-state index in [0.717, 1.165) is 0 Å². The molecule has 2 amide bonds. The van der Waals surface area contributed by atoms with Crippen molar-refractivity contribution >= 4 is 41.1 Å². The van der Waals surface area contributed by atoms with Gasteiger partial charge >= 0.3 is 5.97 Å². The number of nitrogens with one attached hydrogen (secondary N) is 2. The van der Waals surface area contributed by atoms with E-state index in [1.54, 1.807) is 42.5 Å². The van der Waals surface area contributed by atoms with Crippen molar-refractivity contribution in [3.8, 4) is 0 Å². The topological polar surface area (TPSA) is 146 Å². The summed E-state index contributed by atoms with van der Waals surface area (Å²) < 4.78 is 0. The Morgan fingerprint density at radius 3 is 2.82 bits per heavy atom. The van der Waals surface area contributed by atoms with Crippen LogP contribution in [0.25, 0.3) is 0 Å². The Morgan fingerprint density at radius 1 is 1.29 bits per heavy atom. The van der Waals surface area contributed by atoms with E-state index in [0.29, 0.717) is 28.1 Å². The van der Waals surface area contributed by atoms with Gasteiger partial charge in [0.2, 0.25) is 0 Å². The molecule has 0 aliphatic carbocycles. The number of aliphatic imine (C=N–C) groups is 1. The van der Waals surface area contributed by atoms with Gasteiger partial charge in [0.1, 0.15) is 5.71 Å². The van der Waals surface area contributed by atoms with Gasteiger partial charge in [0.05, 0.1) is 18.3 Å². The van der Waals surface area contributed by atoms with Crippen LogP contribution < -0.4 is 16.5 Å². The van der Waals surface area contributed by atoms with Crippen LogP contribution in [-0.4, -0.2) is 34.8 Å². The van der Waals surface area contributed by atoms with Gasteiger partial charge in [-0.05, 0) is 29.8 Å². The minimum atomic E-state index is -1.14. The Bertz CT molecular complexity index is 1010. The molecule has 0 unspecified atom stereocenters. The van der Waals surface area contributed by atoms with E-state index in [9.17, 15) is 14.4 Å². The molecule has 2 aromatic rings. The van der Waals surface area contributed by atoms with E-state index < -0.39 is 18.3 Å². The predicted octanol–water partition coefficient (Wildman–Crippen LogP) is 1.41. The number of carboxylic acids is 1. The molecule has 1 heterocycles. The van der Waals surface area contributed by atoms with Crippen LogP contribution in [0.2, 0.25) is 0 Å². The van der Waals surface area contributed by atoms with E-state index >= 15 is 0 Å². The van der Waals surface area contributed by atoms with E-state index in [4.69, 9.17) is 10.9 Å². The third-order valence-corrected chi connectivity index (χ3v) is 4.03. The second kappa shape index (κ2) is 8.12. The number of amides is 2. The highest BCUT2D eigenvalue weighted by molar-refractivity contribution is 6.42. The molecule has 0 fully saturated rings. The zero-order valence-corrected chi connectivity index (χ0v) is 14.7. The maximum atomic E-state index is 12.6. The van der Waals surface area contributed by atoms with Crippen LogP contribution in [0, 0.1) is 0 Å². The molecule has 0 radical (unpaired) electrons. The predicted molar refractivity (Wildman–Crippen MR) is 104 cm³/mol. The van der Waals surface area contributed by atoms with Crippen molar-refractivity contribution in [2.75, 3.05) is 5.32 Å². The molecule has 0 atom stereocenters. The number of hydrogen-bond acceptors (Lipinski definition) is 6. The molecule has 3 rings (SSSR count). The highest BCUT2D eigenvalue weighted by atomic mass is 16.4. The number of nitrogens with zero attached hydrogens (tertiary/aromatic N) is 2. The van der Waals surface area contributed by atoms with Gasteiger partial charge in [-0.15, -0.1) is 0 Å². The maximum absolute atomic E-state index is 12.6. The second-order valence-corrected chi connectivity index (χ2v) is 5.97. The number of carbonyl (C=O) groups excluding carboxylic acids is 2. The minimum absolute atomic E-state index is 0.0713. The number of rotatable bonds is 5. The van der Waals surface area contributed by atoms with Crippen LogP contribution in [0.5, 0.6) is 0 Å². The molecule has 28 heavy (non-hydrogen) atoms. The largest absolute Gasteiger partial charge is 0.481 e. The standard InChI is InChI=1S/C19H17N5O4/c20-22-10-11-3-1-2-4-14(11)18(27)23-13-5-6-15-12(7-13)9-21-19(28)16(24-15)8-17(25)26/h1-7,10H,8-9,20H2,(H,21,28)(H,23,27)(H,25,26). The zero-order chi connectivity index (χ0) is 20.1. The first-order chi connectivity index (χ1) is 13.5. The molecular formula is C19H17N5O4. The van der Waals surface area contributed by atoms with E-state index in [2.05, 4.69) is 20.7 Å². The fourth-order valence-electron chi connectivity index (χ4n) is 2.75. The summed E-state index contributed by atoms with van der Waals surface area (Å²) in [7, 11) is 0. The van der Waals surface area contributed by atoms with E-state index in [1.165, 1.54) is 6.21 Å². The van der Waals surface area contributed by atoms with Crippen LogP contribution in [-0.2, 0) is 16.1 Å². The first-order valence-corrected chi connectivity index (χ1v) is 8.32. The Kier molecular flexibility index (Phi) is 5.45. The fraction of sp³-hybridized carbons (Fsp3) is 0.105. The van der Waals surface area contributed by atoms with Gasteiger partial charge in [-0.25, -0.2) is 4.99 Å². The Hall–Kier alpha value is -4.01. The summed E-state index contributed by atoms with van der Waals surface area (Å²) in [5.41, 5.74) is 2.55. The van der Waals surface area contributed by atoms with Crippen LogP contribution in [0.3, 0.4) is 0 Å². The first-order valence-electron chi connectivity index (χ1n) is 8.32. The van der Waals surface area contributed by atoms with Crippen molar-refractivity contribution in [1.29, 1.82) is 0 Å². The van der Waals surface area contributed by atoms with Crippen molar-refractivity contribution in [1.82, 2.24) is 5.32 Å². The van der Waals surface area contributed by atoms with Gasteiger partial charge in [0.25, 0.3) is 11.8 Å². The summed E-state index contributed by atoms with van der Waals surface area (Å²) >= 11 is 0. The number of benzene rings is 2. The normalized spacial score (nSPS) is 13.3. The highest BCUT2D eigenvalue weighted by Crippen LogP contribution is 2.26. The highest BCUT2D eigenvalue weighted by Gasteiger charge is 2.20. The van der Waals surface area contributed by atoms with Gasteiger partial charge in [-0.1, -0.05) is 18.2 Å². The molecule has 142 valence electrons. The number of hydrazone groups is 1. The van der Waals surface area contributed by atoms with Crippen molar-refractivity contribution in [3.63, 3.8) is 0 Å². The van der Waals surface area contributed by atoms with Gasteiger partial charge in [-0.3, -0.25) is 14.4 Å². The maximum Gasteiger partial charge on any atom is 0.309 e. The summed E-state index contributed by atoms with van der Waals surface area (Å²) in [5.74, 6) is 3.17. The van der Waals surface area contributed by atoms with Crippen LogP contribution in [0.15, 0.2) is 52.6 Å². The zero-order valence-electron chi connectivity index (χ0n) is 14.7. The smallest absolute Gasteiger partial charge is 0.309 e. The molecule has 0 saturated carbocycles. The third kappa shape index (κ3) is 4.21. The van der Waals surface area contributed by atoms with E-state index in [1.807, 2.05) is 0 Å². The average molecular weight is 379 g/mol. The van der Waals surface area contributed by atoms with Gasteiger partial charge < -0.3 is 21.6 Å². The number of carbonyl (C=O) groups is 3. The summed E-state index contributed by atoms with van der Waals surface area (Å²) in [5, 5.41) is 17.8. The average Bonchev–Trinajstić information content (AvgIpc) is 2.81. The Balaban J connectivity index is 1.85. The lowest BCUT2D eigenvalue weighted by Crippen LogP contribution is -2.30. The number of carboxylic acid groups (broad SMARTS) is 1. The molecule has 5 N–H and O–H groups in total. The fourth-order valence-corrected chi connectivity index (χ4v) is 2.75. The van der Waals surface area contributed by atoms with Crippen molar-refractivity contribution in [3.05, 3.63) is 59.2 Å². The lowest BCUT2D eigenvalue weighted by atomic mass is 10.1. The van der Waals surface area contributed by atoms with Crippen LogP contribution in [0.4, 0.5) is 11.4 Å². The molecule has 0 saturated heterocycles. The SMILES string of the molecule is NN=Cc1ccccc1C(=O)Nc1ccc2c(c1)CNC(=O)C(CC(=O)O)=N2. The Morgan fingerprint density at radius 2 is 2.07 bits per heavy atom. The first kappa shape index (κ1) is 18.8.